The maximum Gasteiger partial charge on any atom is 0.329 e. The van der Waals surface area contributed by atoms with Gasteiger partial charge in [0.25, 0.3) is 0 Å². The molecule has 2 rings (SSSR count). The van der Waals surface area contributed by atoms with Crippen molar-refractivity contribution >= 4 is 12.0 Å². The van der Waals surface area contributed by atoms with Crippen LogP contribution in [0.2, 0.25) is 0 Å². The number of carboxylic acids is 1. The van der Waals surface area contributed by atoms with Gasteiger partial charge in [-0.2, -0.15) is 0 Å². The minimum absolute atomic E-state index is 0.0840. The molecule has 19 heavy (non-hydrogen) atoms. The Bertz CT molecular complexity index is 385. The summed E-state index contributed by atoms with van der Waals surface area (Å²) in [5.41, 5.74) is -1.03. The van der Waals surface area contributed by atoms with Crippen molar-refractivity contribution in [1.29, 1.82) is 0 Å². The van der Waals surface area contributed by atoms with E-state index in [9.17, 15) is 14.7 Å². The Hall–Kier alpha value is -1.26. The molecule has 2 aliphatic heterocycles. The van der Waals surface area contributed by atoms with Crippen molar-refractivity contribution in [2.24, 2.45) is 0 Å². The number of carboxylic acid groups (broad SMARTS) is 1. The molecule has 0 aromatic carbocycles. The zero-order valence-electron chi connectivity index (χ0n) is 12.1. The number of rotatable bonds is 2. The molecule has 0 bridgehead atoms. The maximum absolute atomic E-state index is 12.7. The minimum Gasteiger partial charge on any atom is -0.480 e. The monoisotopic (exact) mass is 268 g/mol. The summed E-state index contributed by atoms with van der Waals surface area (Å²) >= 11 is 0. The zero-order chi connectivity index (χ0) is 14.2. The molecular weight excluding hydrogens is 244 g/mol. The van der Waals surface area contributed by atoms with Gasteiger partial charge in [0.15, 0.2) is 0 Å². The number of hydrogen-bond donors (Lipinski definition) is 1. The molecule has 0 spiro atoms. The molecule has 2 aliphatic rings. The lowest BCUT2D eigenvalue weighted by Crippen LogP contribution is -2.57. The summed E-state index contributed by atoms with van der Waals surface area (Å²) < 4.78 is 0. The third-order valence-corrected chi connectivity index (χ3v) is 4.81. The van der Waals surface area contributed by atoms with E-state index in [2.05, 4.69) is 13.8 Å². The Morgan fingerprint density at radius 2 is 2.05 bits per heavy atom. The Kier molecular flexibility index (Phi) is 3.74. The van der Waals surface area contributed by atoms with E-state index in [4.69, 9.17) is 0 Å². The number of aliphatic carboxylic acids is 1. The molecule has 3 atom stereocenters. The standard InChI is InChI=1S/C14H24N2O3/c1-4-11-7-6-10(2)16(11)13(19)15-9-5-8-14(15,3)12(17)18/h10-11H,4-9H2,1-3H3,(H,17,18). The summed E-state index contributed by atoms with van der Waals surface area (Å²) in [4.78, 5) is 27.7. The first-order chi connectivity index (χ1) is 8.91. The fourth-order valence-corrected chi connectivity index (χ4v) is 3.45. The van der Waals surface area contributed by atoms with Gasteiger partial charge in [-0.05, 0) is 46.0 Å². The van der Waals surface area contributed by atoms with Crippen molar-refractivity contribution in [2.75, 3.05) is 6.54 Å². The average Bonchev–Trinajstić information content (AvgIpc) is 2.92. The molecule has 5 heteroatoms. The van der Waals surface area contributed by atoms with Gasteiger partial charge in [-0.25, -0.2) is 9.59 Å². The van der Waals surface area contributed by atoms with Crippen molar-refractivity contribution in [3.8, 4) is 0 Å². The van der Waals surface area contributed by atoms with E-state index in [0.717, 1.165) is 25.7 Å². The Labute approximate surface area is 114 Å². The minimum atomic E-state index is -1.03. The quantitative estimate of drug-likeness (QED) is 0.836. The molecular formula is C14H24N2O3. The van der Waals surface area contributed by atoms with Crippen LogP contribution in [0.15, 0.2) is 0 Å². The fourth-order valence-electron chi connectivity index (χ4n) is 3.45. The van der Waals surface area contributed by atoms with Gasteiger partial charge < -0.3 is 14.9 Å². The number of urea groups is 1. The van der Waals surface area contributed by atoms with Gasteiger partial charge in [0.05, 0.1) is 0 Å². The highest BCUT2D eigenvalue weighted by atomic mass is 16.4. The molecule has 0 radical (unpaired) electrons. The predicted molar refractivity (Wildman–Crippen MR) is 72.0 cm³/mol. The van der Waals surface area contributed by atoms with Crippen molar-refractivity contribution in [1.82, 2.24) is 9.80 Å². The summed E-state index contributed by atoms with van der Waals surface area (Å²) in [6, 6.07) is 0.400. The highest BCUT2D eigenvalue weighted by Gasteiger charge is 2.49. The molecule has 0 aliphatic carbocycles. The van der Waals surface area contributed by atoms with E-state index in [1.165, 1.54) is 0 Å². The largest absolute Gasteiger partial charge is 0.480 e. The summed E-state index contributed by atoms with van der Waals surface area (Å²) in [5, 5.41) is 9.41. The number of nitrogens with zero attached hydrogens (tertiary/aromatic N) is 2. The lowest BCUT2D eigenvalue weighted by Gasteiger charge is -2.38. The molecule has 3 unspecified atom stereocenters. The smallest absolute Gasteiger partial charge is 0.329 e. The summed E-state index contributed by atoms with van der Waals surface area (Å²) in [6.07, 6.45) is 4.30. The molecule has 2 fully saturated rings. The van der Waals surface area contributed by atoms with Crippen molar-refractivity contribution in [3.63, 3.8) is 0 Å². The van der Waals surface area contributed by atoms with Crippen LogP contribution in [-0.4, -0.2) is 51.1 Å². The van der Waals surface area contributed by atoms with Crippen LogP contribution < -0.4 is 0 Å². The summed E-state index contributed by atoms with van der Waals surface area (Å²) in [7, 11) is 0. The fraction of sp³-hybridized carbons (Fsp3) is 0.857. The second-order valence-corrected chi connectivity index (χ2v) is 6.01. The van der Waals surface area contributed by atoms with Crippen LogP contribution >= 0.6 is 0 Å². The number of amides is 2. The van der Waals surface area contributed by atoms with E-state index < -0.39 is 11.5 Å². The molecule has 0 aromatic heterocycles. The highest BCUT2D eigenvalue weighted by Crippen LogP contribution is 2.34. The number of carbonyl (C=O) groups excluding carboxylic acids is 1. The van der Waals surface area contributed by atoms with Crippen LogP contribution in [0, 0.1) is 0 Å². The maximum atomic E-state index is 12.7. The van der Waals surface area contributed by atoms with Gasteiger partial charge in [0, 0.05) is 18.6 Å². The normalized spacial score (nSPS) is 34.9. The van der Waals surface area contributed by atoms with Crippen molar-refractivity contribution < 1.29 is 14.7 Å². The van der Waals surface area contributed by atoms with Crippen LogP contribution in [0.3, 0.4) is 0 Å². The average molecular weight is 268 g/mol. The molecule has 108 valence electrons. The first-order valence-corrected chi connectivity index (χ1v) is 7.25. The van der Waals surface area contributed by atoms with E-state index in [-0.39, 0.29) is 18.1 Å². The lowest BCUT2D eigenvalue weighted by molar-refractivity contribution is -0.147. The van der Waals surface area contributed by atoms with Gasteiger partial charge in [-0.1, -0.05) is 6.92 Å². The molecule has 2 heterocycles. The van der Waals surface area contributed by atoms with Gasteiger partial charge in [-0.3, -0.25) is 0 Å². The van der Waals surface area contributed by atoms with Gasteiger partial charge in [0.1, 0.15) is 5.54 Å². The lowest BCUT2D eigenvalue weighted by atomic mass is 9.99. The van der Waals surface area contributed by atoms with Gasteiger partial charge in [-0.15, -0.1) is 0 Å². The Balaban J connectivity index is 2.21. The SMILES string of the molecule is CCC1CCC(C)N1C(=O)N1CCCC1(C)C(=O)O. The molecule has 2 amide bonds. The first kappa shape index (κ1) is 14.2. The summed E-state index contributed by atoms with van der Waals surface area (Å²) in [6.45, 7) is 6.37. The van der Waals surface area contributed by atoms with Crippen molar-refractivity contribution in [2.45, 2.75) is 70.5 Å². The molecule has 0 aromatic rings. The Morgan fingerprint density at radius 1 is 1.37 bits per heavy atom. The topological polar surface area (TPSA) is 60.9 Å². The third-order valence-electron chi connectivity index (χ3n) is 4.81. The van der Waals surface area contributed by atoms with Crippen LogP contribution in [0.25, 0.3) is 0 Å². The molecule has 0 saturated carbocycles. The number of hydrogen-bond acceptors (Lipinski definition) is 2. The second-order valence-electron chi connectivity index (χ2n) is 6.01. The second kappa shape index (κ2) is 5.02. The molecule has 5 nitrogen and oxygen atoms in total. The Morgan fingerprint density at radius 3 is 2.63 bits per heavy atom. The van der Waals surface area contributed by atoms with E-state index in [0.29, 0.717) is 13.0 Å². The van der Waals surface area contributed by atoms with Crippen molar-refractivity contribution in [3.05, 3.63) is 0 Å². The van der Waals surface area contributed by atoms with E-state index >= 15 is 0 Å². The highest BCUT2D eigenvalue weighted by molar-refractivity contribution is 5.87. The van der Waals surface area contributed by atoms with Gasteiger partial charge >= 0.3 is 12.0 Å². The molecule has 1 N–H and O–H groups in total. The first-order valence-electron chi connectivity index (χ1n) is 7.25. The third kappa shape index (κ3) is 2.19. The summed E-state index contributed by atoms with van der Waals surface area (Å²) in [5.74, 6) is -0.891. The van der Waals surface area contributed by atoms with Crippen LogP contribution in [-0.2, 0) is 4.79 Å². The van der Waals surface area contributed by atoms with Crippen LogP contribution in [0.4, 0.5) is 4.79 Å². The van der Waals surface area contributed by atoms with Crippen LogP contribution in [0.5, 0.6) is 0 Å². The predicted octanol–water partition coefficient (Wildman–Crippen LogP) is 2.31. The number of likely N-dealkylation sites (tertiary alicyclic amines) is 2. The van der Waals surface area contributed by atoms with Crippen LogP contribution in [0.1, 0.15) is 52.9 Å². The molecule has 2 saturated heterocycles. The van der Waals surface area contributed by atoms with Gasteiger partial charge in [0.2, 0.25) is 0 Å². The zero-order valence-corrected chi connectivity index (χ0v) is 12.1. The van der Waals surface area contributed by atoms with E-state index in [1.807, 2.05) is 4.90 Å². The van der Waals surface area contributed by atoms with E-state index in [1.54, 1.807) is 11.8 Å². The number of carbonyl (C=O) groups is 2.